The molecule has 0 spiro atoms. The number of halogens is 1. The average molecular weight is 162 g/mol. The number of benzene rings is 1. The van der Waals surface area contributed by atoms with Crippen molar-refractivity contribution in [2.24, 2.45) is 0 Å². The maximum Gasteiger partial charge on any atom is 0.133 e. The Kier molecular flexibility index (Phi) is 1.70. The van der Waals surface area contributed by atoms with Gasteiger partial charge in [-0.1, -0.05) is 18.2 Å². The van der Waals surface area contributed by atoms with Gasteiger partial charge in [-0.2, -0.15) is 10.2 Å². The van der Waals surface area contributed by atoms with Crippen molar-refractivity contribution >= 4 is 10.9 Å². The quantitative estimate of drug-likeness (QED) is 0.641. The molecule has 1 aromatic carbocycles. The van der Waals surface area contributed by atoms with E-state index in [-0.39, 0.29) is 0 Å². The maximum atomic E-state index is 12.2. The summed E-state index contributed by atoms with van der Waals surface area (Å²) in [4.78, 5) is 0. The topological polar surface area (TPSA) is 25.8 Å². The second-order valence-electron chi connectivity index (χ2n) is 2.53. The van der Waals surface area contributed by atoms with Gasteiger partial charge in [-0.3, -0.25) is 0 Å². The normalized spacial score (nSPS) is 10.4. The molecule has 0 N–H and O–H groups in total. The van der Waals surface area contributed by atoms with Crippen LogP contribution >= 0.6 is 0 Å². The van der Waals surface area contributed by atoms with Crippen LogP contribution in [0.15, 0.2) is 30.3 Å². The first-order valence-corrected chi connectivity index (χ1v) is 3.67. The van der Waals surface area contributed by atoms with Crippen molar-refractivity contribution in [1.29, 1.82) is 0 Å². The zero-order valence-corrected chi connectivity index (χ0v) is 6.37. The minimum Gasteiger partial charge on any atom is -0.244 e. The summed E-state index contributed by atoms with van der Waals surface area (Å²) in [6, 6.07) is 9.23. The first-order valence-electron chi connectivity index (χ1n) is 3.67. The Bertz CT molecular complexity index is 400. The molecule has 0 amide bonds. The maximum absolute atomic E-state index is 12.2. The Balaban J connectivity index is 2.67. The molecule has 0 unspecified atom stereocenters. The van der Waals surface area contributed by atoms with E-state index in [1.807, 2.05) is 24.3 Å². The molecule has 0 saturated carbocycles. The molecular formula is C9H7FN2. The van der Waals surface area contributed by atoms with Crippen molar-refractivity contribution in [3.8, 4) is 0 Å². The Morgan fingerprint density at radius 1 is 1.17 bits per heavy atom. The van der Waals surface area contributed by atoms with Gasteiger partial charge in [0.25, 0.3) is 0 Å². The van der Waals surface area contributed by atoms with Crippen LogP contribution in [0, 0.1) is 0 Å². The van der Waals surface area contributed by atoms with Gasteiger partial charge < -0.3 is 0 Å². The fraction of sp³-hybridized carbons (Fsp3) is 0.111. The molecular weight excluding hydrogens is 155 g/mol. The summed E-state index contributed by atoms with van der Waals surface area (Å²) in [5.41, 5.74) is 1.18. The van der Waals surface area contributed by atoms with Crippen LogP contribution in [-0.2, 0) is 6.67 Å². The number of nitrogens with zero attached hydrogens (tertiary/aromatic N) is 2. The lowest BCUT2D eigenvalue weighted by atomic mass is 10.2. The van der Waals surface area contributed by atoms with Crippen LogP contribution in [0.5, 0.6) is 0 Å². The van der Waals surface area contributed by atoms with Crippen LogP contribution in [0.1, 0.15) is 5.69 Å². The molecule has 0 atom stereocenters. The highest BCUT2D eigenvalue weighted by Gasteiger charge is 1.96. The fourth-order valence-corrected chi connectivity index (χ4v) is 1.09. The number of hydrogen-bond donors (Lipinski definition) is 0. The summed E-state index contributed by atoms with van der Waals surface area (Å²) < 4.78 is 12.2. The smallest absolute Gasteiger partial charge is 0.133 e. The van der Waals surface area contributed by atoms with Gasteiger partial charge in [0.2, 0.25) is 0 Å². The molecule has 0 aliphatic carbocycles. The second kappa shape index (κ2) is 2.85. The number of hydrogen-bond acceptors (Lipinski definition) is 2. The van der Waals surface area contributed by atoms with Crippen LogP contribution in [0.3, 0.4) is 0 Å². The van der Waals surface area contributed by atoms with Crippen molar-refractivity contribution < 1.29 is 4.39 Å². The van der Waals surface area contributed by atoms with E-state index >= 15 is 0 Å². The van der Waals surface area contributed by atoms with Gasteiger partial charge >= 0.3 is 0 Å². The molecule has 1 aromatic heterocycles. The third-order valence-corrected chi connectivity index (χ3v) is 1.68. The molecule has 1 heterocycles. The molecule has 0 aliphatic rings. The number of fused-ring (bicyclic) bond motifs is 1. The van der Waals surface area contributed by atoms with E-state index in [2.05, 4.69) is 10.2 Å². The molecule has 0 radical (unpaired) electrons. The van der Waals surface area contributed by atoms with E-state index in [1.165, 1.54) is 0 Å². The fourth-order valence-electron chi connectivity index (χ4n) is 1.09. The molecule has 60 valence electrons. The van der Waals surface area contributed by atoms with E-state index < -0.39 is 6.67 Å². The zero-order valence-electron chi connectivity index (χ0n) is 6.37. The van der Waals surface area contributed by atoms with E-state index in [0.29, 0.717) is 5.69 Å². The lowest BCUT2D eigenvalue weighted by Gasteiger charge is -1.96. The standard InChI is InChI=1S/C9H7FN2/c10-6-8-5-7-3-1-2-4-9(7)12-11-8/h1-5H,6H2. The molecule has 0 saturated heterocycles. The molecule has 12 heavy (non-hydrogen) atoms. The number of alkyl halides is 1. The van der Waals surface area contributed by atoms with Crippen LogP contribution in [0.2, 0.25) is 0 Å². The highest BCUT2D eigenvalue weighted by molar-refractivity contribution is 5.77. The Morgan fingerprint density at radius 2 is 2.00 bits per heavy atom. The van der Waals surface area contributed by atoms with Crippen molar-refractivity contribution in [2.75, 3.05) is 0 Å². The molecule has 2 nitrogen and oxygen atoms in total. The van der Waals surface area contributed by atoms with Crippen molar-refractivity contribution in [3.05, 3.63) is 36.0 Å². The van der Waals surface area contributed by atoms with Crippen molar-refractivity contribution in [3.63, 3.8) is 0 Å². The third kappa shape index (κ3) is 1.13. The average Bonchev–Trinajstić information content (AvgIpc) is 2.17. The van der Waals surface area contributed by atoms with Crippen LogP contribution < -0.4 is 0 Å². The SMILES string of the molecule is FCc1cc2ccccc2nn1. The highest BCUT2D eigenvalue weighted by atomic mass is 19.1. The highest BCUT2D eigenvalue weighted by Crippen LogP contribution is 2.10. The predicted octanol–water partition coefficient (Wildman–Crippen LogP) is 2.10. The predicted molar refractivity (Wildman–Crippen MR) is 44.4 cm³/mol. The van der Waals surface area contributed by atoms with Gasteiger partial charge in [0.05, 0.1) is 11.2 Å². The van der Waals surface area contributed by atoms with Gasteiger partial charge in [-0.05, 0) is 12.1 Å². The van der Waals surface area contributed by atoms with Gasteiger partial charge in [0.15, 0.2) is 0 Å². The summed E-state index contributed by atoms with van der Waals surface area (Å²) in [5, 5.41) is 8.49. The van der Waals surface area contributed by atoms with Crippen LogP contribution in [-0.4, -0.2) is 10.2 Å². The molecule has 0 bridgehead atoms. The number of aromatic nitrogens is 2. The molecule has 0 aliphatic heterocycles. The lowest BCUT2D eigenvalue weighted by Crippen LogP contribution is -1.89. The molecule has 0 fully saturated rings. The van der Waals surface area contributed by atoms with E-state index in [9.17, 15) is 4.39 Å². The largest absolute Gasteiger partial charge is 0.244 e. The molecule has 2 rings (SSSR count). The first kappa shape index (κ1) is 7.16. The van der Waals surface area contributed by atoms with Gasteiger partial charge in [-0.25, -0.2) is 4.39 Å². The minimum absolute atomic E-state index is 0.383. The van der Waals surface area contributed by atoms with E-state index in [1.54, 1.807) is 6.07 Å². The van der Waals surface area contributed by atoms with Crippen molar-refractivity contribution in [1.82, 2.24) is 10.2 Å². The molecule has 3 heteroatoms. The minimum atomic E-state index is -0.558. The second-order valence-corrected chi connectivity index (χ2v) is 2.53. The number of rotatable bonds is 1. The summed E-state index contributed by atoms with van der Waals surface area (Å²) in [6.07, 6.45) is 0. The zero-order chi connectivity index (χ0) is 8.39. The van der Waals surface area contributed by atoms with Crippen LogP contribution in [0.25, 0.3) is 10.9 Å². The van der Waals surface area contributed by atoms with Gasteiger partial charge in [-0.15, -0.1) is 0 Å². The first-order chi connectivity index (χ1) is 5.90. The van der Waals surface area contributed by atoms with Crippen LogP contribution in [0.4, 0.5) is 4.39 Å². The summed E-state index contributed by atoms with van der Waals surface area (Å²) in [7, 11) is 0. The Morgan fingerprint density at radius 3 is 2.83 bits per heavy atom. The van der Waals surface area contributed by atoms with E-state index in [4.69, 9.17) is 0 Å². The molecule has 2 aromatic rings. The summed E-state index contributed by atoms with van der Waals surface area (Å²) in [5.74, 6) is 0. The summed E-state index contributed by atoms with van der Waals surface area (Å²) >= 11 is 0. The Labute approximate surface area is 69.1 Å². The summed E-state index contributed by atoms with van der Waals surface area (Å²) in [6.45, 7) is -0.558. The van der Waals surface area contributed by atoms with Crippen molar-refractivity contribution in [2.45, 2.75) is 6.67 Å². The Hall–Kier alpha value is -1.51. The van der Waals surface area contributed by atoms with Gasteiger partial charge in [0.1, 0.15) is 6.67 Å². The monoisotopic (exact) mass is 162 g/mol. The van der Waals surface area contributed by atoms with E-state index in [0.717, 1.165) is 10.9 Å². The van der Waals surface area contributed by atoms with Gasteiger partial charge in [0, 0.05) is 5.39 Å². The third-order valence-electron chi connectivity index (χ3n) is 1.68. The lowest BCUT2D eigenvalue weighted by molar-refractivity contribution is 0.473.